The number of hydrogen-bond acceptors (Lipinski definition) is 3. The average molecular weight is 860 g/mol. The first kappa shape index (κ1) is 53.9. The lowest BCUT2D eigenvalue weighted by Crippen LogP contribution is -2.23. The van der Waals surface area contributed by atoms with E-state index in [-0.39, 0.29) is 33.2 Å². The highest BCUT2D eigenvalue weighted by Crippen LogP contribution is 2.67. The van der Waals surface area contributed by atoms with Crippen LogP contribution in [0.5, 0.6) is 5.75 Å². The minimum absolute atomic E-state index is 0.0852. The molecule has 3 heteroatoms. The van der Waals surface area contributed by atoms with Gasteiger partial charge in [-0.3, -0.25) is 4.98 Å². The second-order valence-corrected chi connectivity index (χ2v) is 23.5. The third kappa shape index (κ3) is 14.8. The van der Waals surface area contributed by atoms with Gasteiger partial charge >= 0.3 is 0 Å². The van der Waals surface area contributed by atoms with Gasteiger partial charge in [0.2, 0.25) is 0 Å². The van der Waals surface area contributed by atoms with E-state index in [1.807, 2.05) is 12.3 Å². The Labute approximate surface area is 388 Å². The Balaban J connectivity index is 0.000000311. The molecule has 0 bridgehead atoms. The van der Waals surface area contributed by atoms with E-state index in [0.29, 0.717) is 24.4 Å². The largest absolute Gasteiger partial charge is 0.489 e. The Morgan fingerprint density at radius 2 is 1.19 bits per heavy atom. The zero-order chi connectivity index (χ0) is 47.7. The van der Waals surface area contributed by atoms with Gasteiger partial charge in [0.15, 0.2) is 0 Å². The summed E-state index contributed by atoms with van der Waals surface area (Å²) in [6.07, 6.45) is 12.5. The molecule has 1 aromatic heterocycles. The number of hydrogen-bond donors (Lipinski definition) is 1. The Morgan fingerprint density at radius 3 is 1.56 bits per heavy atom. The van der Waals surface area contributed by atoms with Crippen molar-refractivity contribution in [3.8, 4) is 5.75 Å². The number of aliphatic hydroxyl groups is 1. The standard InChI is InChI=1S/C32H41NO2.C16H26.C8H16.C4H10/c1-30(2,3)20-13-19(14-21(15-20)31(4,5)6)18-35-22-9-10-27-24(16-22)23(11-12-33-27)26-17-25-28(29(25)34)32(26,7)8;1-8-12-9-13(15(2,3)4)11-14(10-12)16(5,6)7;1-4-7-8(5-2)6-3;1-3-4-2/h9-16,25-26,28-29,34H,17-18H2,1-8H3;9-11H,8H2,1-7H3;5,8H,2,4,6-7H2,1,3H3;3-4H2,1-2H3/t25-,26?,28?,29-;;;/m0.../s1. The molecule has 0 aliphatic heterocycles. The first-order valence-electron chi connectivity index (χ1n) is 24.8. The van der Waals surface area contributed by atoms with Crippen molar-refractivity contribution < 1.29 is 9.84 Å². The number of aryl methyl sites for hydroxylation is 1. The molecular weight excluding hydrogens is 767 g/mol. The van der Waals surface area contributed by atoms with E-state index in [4.69, 9.17) is 4.74 Å². The van der Waals surface area contributed by atoms with Gasteiger partial charge in [0.25, 0.3) is 0 Å². The summed E-state index contributed by atoms with van der Waals surface area (Å²) < 4.78 is 6.38. The number of aromatic nitrogens is 1. The van der Waals surface area contributed by atoms with E-state index in [0.717, 1.165) is 30.0 Å². The van der Waals surface area contributed by atoms with Gasteiger partial charge in [0.05, 0.1) is 11.6 Å². The number of aliphatic hydroxyl groups excluding tert-OH is 1. The Bertz CT molecular complexity index is 1980. The van der Waals surface area contributed by atoms with E-state index in [1.54, 1.807) is 0 Å². The second-order valence-electron chi connectivity index (χ2n) is 23.5. The predicted octanol–water partition coefficient (Wildman–Crippen LogP) is 17.2. The lowest BCUT2D eigenvalue weighted by molar-refractivity contribution is 0.163. The fourth-order valence-corrected chi connectivity index (χ4v) is 8.94. The number of benzene rings is 3. The van der Waals surface area contributed by atoms with Crippen molar-refractivity contribution in [3.05, 3.63) is 118 Å². The first-order chi connectivity index (χ1) is 29.2. The van der Waals surface area contributed by atoms with Crippen molar-refractivity contribution in [2.45, 2.75) is 217 Å². The molecule has 6 rings (SSSR count). The van der Waals surface area contributed by atoms with Gasteiger partial charge in [-0.2, -0.15) is 0 Å². The van der Waals surface area contributed by atoms with E-state index in [1.165, 1.54) is 76.4 Å². The molecule has 2 aliphatic carbocycles. The first-order valence-corrected chi connectivity index (χ1v) is 24.8. The van der Waals surface area contributed by atoms with Crippen molar-refractivity contribution in [1.29, 1.82) is 0 Å². The topological polar surface area (TPSA) is 42.4 Å². The Hall–Kier alpha value is -3.43. The van der Waals surface area contributed by atoms with Crippen LogP contribution in [0.4, 0.5) is 0 Å². The molecule has 2 fully saturated rings. The van der Waals surface area contributed by atoms with Crippen LogP contribution < -0.4 is 4.74 Å². The van der Waals surface area contributed by atoms with E-state index >= 15 is 0 Å². The minimum Gasteiger partial charge on any atom is -0.489 e. The quantitative estimate of drug-likeness (QED) is 0.162. The second kappa shape index (κ2) is 22.2. The molecule has 2 aliphatic rings. The van der Waals surface area contributed by atoms with Gasteiger partial charge < -0.3 is 9.84 Å². The van der Waals surface area contributed by atoms with Gasteiger partial charge in [-0.15, -0.1) is 6.58 Å². The van der Waals surface area contributed by atoms with Crippen LogP contribution in [-0.2, 0) is 34.7 Å². The highest BCUT2D eigenvalue weighted by Gasteiger charge is 2.65. The molecule has 0 amide bonds. The van der Waals surface area contributed by atoms with E-state index < -0.39 is 0 Å². The van der Waals surface area contributed by atoms with Crippen LogP contribution in [0.2, 0.25) is 0 Å². The summed E-state index contributed by atoms with van der Waals surface area (Å²) >= 11 is 0. The van der Waals surface area contributed by atoms with Gasteiger partial charge in [-0.25, -0.2) is 0 Å². The molecule has 3 unspecified atom stereocenters. The molecule has 2 saturated carbocycles. The molecule has 3 aromatic carbocycles. The minimum atomic E-state index is -0.116. The zero-order valence-corrected chi connectivity index (χ0v) is 44.0. The van der Waals surface area contributed by atoms with Crippen molar-refractivity contribution in [1.82, 2.24) is 4.98 Å². The van der Waals surface area contributed by atoms with E-state index in [9.17, 15) is 5.11 Å². The van der Waals surface area contributed by atoms with Gasteiger partial charge in [0.1, 0.15) is 12.4 Å². The number of rotatable bonds is 10. The molecule has 0 saturated heterocycles. The molecular formula is C60H93NO2. The fraction of sp³-hybridized carbons (Fsp3) is 0.617. The highest BCUT2D eigenvalue weighted by atomic mass is 16.5. The SMILES string of the molecule is C=CC(CC)CCC.CC(C)(C)c1cc(COc2ccc3nccc(C4C[C@H]5C([C@H]5O)C4(C)C)c3c2)cc(C(C)(C)C)c1.CCCC.CCc1cc(C(C)(C)C)cc(C(C)(C)C)c1. The van der Waals surface area contributed by atoms with Crippen LogP contribution in [0.3, 0.4) is 0 Å². The number of pyridine rings is 1. The molecule has 5 atom stereocenters. The summed E-state index contributed by atoms with van der Waals surface area (Å²) in [5.41, 5.74) is 11.4. The third-order valence-electron chi connectivity index (χ3n) is 13.8. The molecule has 1 N–H and O–H groups in total. The van der Waals surface area contributed by atoms with Crippen LogP contribution in [-0.4, -0.2) is 16.2 Å². The number of ether oxygens (including phenoxy) is 1. The lowest BCUT2D eigenvalue weighted by atomic mass is 9.73. The maximum absolute atomic E-state index is 10.3. The maximum Gasteiger partial charge on any atom is 0.120 e. The molecule has 1 heterocycles. The maximum atomic E-state index is 10.3. The van der Waals surface area contributed by atoms with E-state index in [2.05, 4.69) is 204 Å². The number of nitrogens with zero attached hydrogens (tertiary/aromatic N) is 1. The summed E-state index contributed by atoms with van der Waals surface area (Å²) in [4.78, 5) is 4.64. The molecule has 4 aromatic rings. The Morgan fingerprint density at radius 1 is 0.698 bits per heavy atom. The third-order valence-corrected chi connectivity index (χ3v) is 13.8. The van der Waals surface area contributed by atoms with Gasteiger partial charge in [-0.1, -0.05) is 193 Å². The van der Waals surface area contributed by atoms with Crippen molar-refractivity contribution in [2.75, 3.05) is 0 Å². The number of unbranched alkanes of at least 4 members (excludes halogenated alkanes) is 1. The van der Waals surface area contributed by atoms with Gasteiger partial charge in [0, 0.05) is 11.6 Å². The van der Waals surface area contributed by atoms with Crippen molar-refractivity contribution in [3.63, 3.8) is 0 Å². The molecule has 0 spiro atoms. The highest BCUT2D eigenvalue weighted by molar-refractivity contribution is 5.84. The van der Waals surface area contributed by atoms with Crippen LogP contribution in [0, 0.1) is 23.2 Å². The molecule has 350 valence electrons. The summed E-state index contributed by atoms with van der Waals surface area (Å²) in [5.74, 6) is 2.94. The average Bonchev–Trinajstić information content (AvgIpc) is 3.79. The lowest BCUT2D eigenvalue weighted by Gasteiger charge is -2.32. The van der Waals surface area contributed by atoms with Crippen LogP contribution >= 0.6 is 0 Å². The summed E-state index contributed by atoms with van der Waals surface area (Å²) in [5, 5.41) is 11.5. The molecule has 63 heavy (non-hydrogen) atoms. The zero-order valence-electron chi connectivity index (χ0n) is 44.0. The van der Waals surface area contributed by atoms with Crippen molar-refractivity contribution >= 4 is 10.9 Å². The number of allylic oxidation sites excluding steroid dienone is 1. The van der Waals surface area contributed by atoms with Crippen molar-refractivity contribution in [2.24, 2.45) is 23.2 Å². The summed E-state index contributed by atoms with van der Waals surface area (Å²) in [6, 6.07) is 22.5. The number of fused-ring (bicyclic) bond motifs is 2. The Kier molecular flexibility index (Phi) is 19.0. The molecule has 0 radical (unpaired) electrons. The fourth-order valence-electron chi connectivity index (χ4n) is 8.94. The summed E-state index contributed by atoms with van der Waals surface area (Å²) in [6.45, 7) is 47.3. The monoisotopic (exact) mass is 860 g/mol. The summed E-state index contributed by atoms with van der Waals surface area (Å²) in [7, 11) is 0. The van der Waals surface area contributed by atoms with Crippen LogP contribution in [0.1, 0.15) is 215 Å². The van der Waals surface area contributed by atoms with Crippen LogP contribution in [0.25, 0.3) is 10.9 Å². The van der Waals surface area contributed by atoms with Crippen LogP contribution in [0.15, 0.2) is 79.5 Å². The predicted molar refractivity (Wildman–Crippen MR) is 277 cm³/mol. The normalized spacial score (nSPS) is 19.6. The van der Waals surface area contributed by atoms with Gasteiger partial charge in [-0.05, 0) is 140 Å². The molecule has 3 nitrogen and oxygen atoms in total. The smallest absolute Gasteiger partial charge is 0.120 e.